The standard InChI is InChI=1S/C37H35F3O4.C36H29F3N2O4.C18H21F3N2.C16H6O6.CO2/c1-7-33(41)30-13-12-27(18-32(30)36(43)44)25-8-10-26(11-9-25)34(42)19-31-22(4)16-29(17-23(31)5)35(37(38,39)40)28-14-20(2)24(6)21(3)15-28;1-17-11-24(12-18(2)21(17)5)30(36(37,38)39)25-13-19(3)31(20(4)14-25)41-34(44)27-10-8-23(16-29(27)35(41)45)22-7-9-26-28(15-22)33(43)40(6)32(26)42;1-9-5-13(6-10(2)16(9)22)15(18(19,20)21)14-7-11(3)17(23)12(4)8-14;17-13-9-3-1-7(5-11(9)15(19)21-13)8-2-4-10-12(6-8)16(20)22-14(10)18;2-1-3/h8-18,35H,7,19H2,1-6H3,(H,43,44);7-16,30H,1-6H3;5-8,15H,22-23H2,1-4H3;1-6H;. The molecule has 16 rings (SSSR count). The minimum Gasteiger partial charge on any atom is -0.478 e. The molecule has 2 unspecified atom stereocenters. The number of cyclic esters (lactones) is 4. The number of benzene rings is 12. The summed E-state index contributed by atoms with van der Waals surface area (Å²) < 4.78 is 137. The van der Waals surface area contributed by atoms with Crippen molar-refractivity contribution >= 4 is 88.3 Å². The molecule has 0 fully saturated rings. The number of rotatable bonds is 16. The number of nitrogens with two attached hydrogens (primary N) is 2. The minimum atomic E-state index is -4.58. The number of carbonyl (C=O) groups is 11. The van der Waals surface area contributed by atoms with E-state index in [2.05, 4.69) is 9.47 Å². The van der Waals surface area contributed by atoms with E-state index in [0.717, 1.165) is 43.2 Å². The van der Waals surface area contributed by atoms with Crippen molar-refractivity contribution in [1.29, 1.82) is 0 Å². The average Bonchev–Trinajstić information content (AvgIpc) is 1.65. The predicted molar refractivity (Wildman–Crippen MR) is 495 cm³/mol. The molecular weight excluding hydrogens is 1780 g/mol. The molecule has 4 amide bonds. The predicted octanol–water partition coefficient (Wildman–Crippen LogP) is 23.1. The van der Waals surface area contributed by atoms with Gasteiger partial charge in [-0.15, -0.1) is 0 Å². The van der Waals surface area contributed by atoms with Gasteiger partial charge < -0.3 is 26.0 Å². The molecule has 0 aromatic heterocycles. The van der Waals surface area contributed by atoms with Crippen molar-refractivity contribution in [3.05, 3.63) is 366 Å². The molecule has 12 aromatic rings. The number of imide groups is 2. The van der Waals surface area contributed by atoms with E-state index in [1.54, 1.807) is 173 Å². The molecule has 0 saturated heterocycles. The van der Waals surface area contributed by atoms with E-state index in [4.69, 9.17) is 21.1 Å². The fraction of sp³-hybridized carbons (Fsp3) is 0.222. The number of hydrogen-bond donors (Lipinski definition) is 3. The molecule has 0 aliphatic carbocycles. The maximum absolute atomic E-state index is 14.6. The van der Waals surface area contributed by atoms with E-state index < -0.39 is 89.8 Å². The largest absolute Gasteiger partial charge is 0.478 e. The summed E-state index contributed by atoms with van der Waals surface area (Å²) in [5.74, 6) is -11.7. The first-order valence-electron chi connectivity index (χ1n) is 42.8. The zero-order valence-corrected chi connectivity index (χ0v) is 77.1. The Morgan fingerprint density at radius 1 is 0.343 bits per heavy atom. The Hall–Kier alpha value is -15.6. The molecule has 2 atom stereocenters. The number of nitrogen functional groups attached to an aromatic ring is 2. The number of carboxylic acids is 1. The number of esters is 4. The van der Waals surface area contributed by atoms with Crippen LogP contribution < -0.4 is 16.4 Å². The van der Waals surface area contributed by atoms with Gasteiger partial charge in [-0.05, 0) is 308 Å². The highest BCUT2D eigenvalue weighted by molar-refractivity contribution is 6.35. The summed E-state index contributed by atoms with van der Waals surface area (Å²) in [7, 11) is 1.41. The molecular formula is C108H91F9N4O16. The number of amides is 4. The molecule has 29 heteroatoms. The highest BCUT2D eigenvalue weighted by Gasteiger charge is 2.47. The van der Waals surface area contributed by atoms with Crippen LogP contribution in [0.15, 0.2) is 188 Å². The first-order chi connectivity index (χ1) is 64.2. The van der Waals surface area contributed by atoms with Gasteiger partial charge in [-0.3, -0.25) is 33.7 Å². The van der Waals surface area contributed by atoms with Gasteiger partial charge in [-0.1, -0.05) is 134 Å². The van der Waals surface area contributed by atoms with Gasteiger partial charge in [-0.2, -0.15) is 49.1 Å². The molecule has 12 aromatic carbocycles. The molecule has 0 bridgehead atoms. The van der Waals surface area contributed by atoms with Crippen LogP contribution in [0.25, 0.3) is 33.4 Å². The number of alkyl halides is 9. The first kappa shape index (κ1) is 100. The molecule has 4 aliphatic heterocycles. The van der Waals surface area contributed by atoms with E-state index in [0.29, 0.717) is 106 Å². The Bertz CT molecular complexity index is 6890. The van der Waals surface area contributed by atoms with Gasteiger partial charge in [0.2, 0.25) is 0 Å². The SMILES string of the molecule is CCC(=O)c1ccc(-c2ccc(C(=O)Cc3c(C)cc(C(c4cc(C)c(C)c(C)c4)C(F)(F)F)cc3C)cc2)cc1C(=O)O.Cc1cc(C(c2cc(C)c(N)c(C)c2)C(F)(F)F)cc(C)c1N.Cc1cc(C(c2cc(C)c(N3C(=O)c4ccc(-c5ccc6c(c5)C(=O)N(C)C6=O)cc4C3=O)c(C)c2)C(F)(F)F)cc(C)c1C.O=C1OC(=O)c2cc(-c3ccc4c(c3)C(=O)OC4=O)ccc21.O=C=O. The van der Waals surface area contributed by atoms with Crippen LogP contribution in [-0.2, 0) is 25.5 Å². The van der Waals surface area contributed by atoms with Gasteiger partial charge in [0.1, 0.15) is 17.8 Å². The number of ketones is 2. The van der Waals surface area contributed by atoms with Crippen LogP contribution in [0.5, 0.6) is 0 Å². The summed E-state index contributed by atoms with van der Waals surface area (Å²) in [6, 6.07) is 48.5. The number of aryl methyl sites for hydroxylation is 12. The van der Waals surface area contributed by atoms with Crippen LogP contribution >= 0.6 is 0 Å². The van der Waals surface area contributed by atoms with Crippen LogP contribution in [0.4, 0.5) is 56.6 Å². The van der Waals surface area contributed by atoms with E-state index in [1.165, 1.54) is 98.0 Å². The lowest BCUT2D eigenvalue weighted by Gasteiger charge is -2.26. The van der Waals surface area contributed by atoms with Crippen molar-refractivity contribution in [1.82, 2.24) is 4.90 Å². The number of hydrogen-bond acceptors (Lipinski definition) is 17. The zero-order valence-electron chi connectivity index (χ0n) is 77.1. The molecule has 702 valence electrons. The number of carbonyl (C=O) groups excluding carboxylic acids is 12. The number of carboxylic acid groups (broad SMARTS) is 1. The van der Waals surface area contributed by atoms with E-state index in [9.17, 15) is 97.4 Å². The molecule has 0 saturated carbocycles. The molecule has 137 heavy (non-hydrogen) atoms. The summed E-state index contributed by atoms with van der Waals surface area (Å²) in [6.45, 7) is 26.2. The molecule has 5 N–H and O–H groups in total. The van der Waals surface area contributed by atoms with Crippen molar-refractivity contribution in [2.24, 2.45) is 0 Å². The van der Waals surface area contributed by atoms with Crippen LogP contribution in [0.1, 0.15) is 262 Å². The Morgan fingerprint density at radius 2 is 0.620 bits per heavy atom. The lowest BCUT2D eigenvalue weighted by atomic mass is 9.84. The van der Waals surface area contributed by atoms with Crippen molar-refractivity contribution in [3.63, 3.8) is 0 Å². The van der Waals surface area contributed by atoms with Crippen molar-refractivity contribution in [2.45, 2.75) is 153 Å². The smallest absolute Gasteiger partial charge is 0.399 e. The third kappa shape index (κ3) is 20.4. The van der Waals surface area contributed by atoms with E-state index in [-0.39, 0.29) is 120 Å². The number of ether oxygens (including phenoxy) is 2. The number of Topliss-reactive ketones (excluding diaryl/α,β-unsaturated/α-hetero) is 2. The monoisotopic (exact) mass is 1870 g/mol. The quantitative estimate of drug-likeness (QED) is 0.0202. The number of nitrogens with zero attached hydrogens (tertiary/aromatic N) is 2. The Morgan fingerprint density at radius 3 is 0.971 bits per heavy atom. The van der Waals surface area contributed by atoms with E-state index >= 15 is 0 Å². The summed E-state index contributed by atoms with van der Waals surface area (Å²) >= 11 is 0. The molecule has 0 spiro atoms. The van der Waals surface area contributed by atoms with Gasteiger partial charge in [0.25, 0.3) is 23.6 Å². The molecule has 4 aliphatic rings. The molecule has 0 radical (unpaired) electrons. The summed E-state index contributed by atoms with van der Waals surface area (Å²) in [5.41, 5.74) is 30.0. The van der Waals surface area contributed by atoms with Crippen molar-refractivity contribution in [2.75, 3.05) is 23.4 Å². The van der Waals surface area contributed by atoms with Crippen LogP contribution in [0.2, 0.25) is 0 Å². The Kier molecular flexibility index (Phi) is 28.7. The summed E-state index contributed by atoms with van der Waals surface area (Å²) in [5, 5.41) is 9.61. The minimum absolute atomic E-state index is 0.0215. The number of aromatic carboxylic acids is 1. The zero-order chi connectivity index (χ0) is 101. The third-order valence-electron chi connectivity index (χ3n) is 25.2. The number of anilines is 3. The first-order valence-corrected chi connectivity index (χ1v) is 42.8. The van der Waals surface area contributed by atoms with Crippen molar-refractivity contribution < 1.29 is 116 Å². The second-order valence-electron chi connectivity index (χ2n) is 34.4. The normalized spacial score (nSPS) is 13.5. The van der Waals surface area contributed by atoms with Crippen LogP contribution in [0.3, 0.4) is 0 Å². The fourth-order valence-electron chi connectivity index (χ4n) is 17.7. The van der Waals surface area contributed by atoms with Crippen molar-refractivity contribution in [3.8, 4) is 33.4 Å². The molecule has 20 nitrogen and oxygen atoms in total. The fourth-order valence-corrected chi connectivity index (χ4v) is 17.7. The maximum Gasteiger partial charge on any atom is 0.399 e. The second-order valence-corrected chi connectivity index (χ2v) is 34.4. The lowest BCUT2D eigenvalue weighted by molar-refractivity contribution is -0.192. The third-order valence-corrected chi connectivity index (χ3v) is 25.2. The topological polar surface area (TPSA) is 319 Å². The van der Waals surface area contributed by atoms with E-state index in [1.807, 2.05) is 27.7 Å². The van der Waals surface area contributed by atoms with Gasteiger partial charge in [0.15, 0.2) is 11.6 Å². The maximum atomic E-state index is 14.6. The number of halogens is 9. The summed E-state index contributed by atoms with van der Waals surface area (Å²) in [6.07, 6.45) is -13.0. The Balaban J connectivity index is 0.000000170. The number of fused-ring (bicyclic) bond motifs is 4. The van der Waals surface area contributed by atoms with Gasteiger partial charge in [0, 0.05) is 42.4 Å². The molecule has 4 heterocycles. The Labute approximate surface area is 781 Å². The van der Waals surface area contributed by atoms with Crippen LogP contribution in [0, 0.1) is 96.9 Å². The average molecular weight is 1870 g/mol. The van der Waals surface area contributed by atoms with Gasteiger partial charge in [-0.25, -0.2) is 28.9 Å². The highest BCUT2D eigenvalue weighted by atomic mass is 19.4. The highest BCUT2D eigenvalue weighted by Crippen LogP contribution is 2.48. The summed E-state index contributed by atoms with van der Waals surface area (Å²) in [4.78, 5) is 154. The van der Waals surface area contributed by atoms with Crippen LogP contribution in [-0.4, -0.2) is 107 Å². The van der Waals surface area contributed by atoms with Gasteiger partial charge >= 0.3 is 54.5 Å². The lowest BCUT2D eigenvalue weighted by Crippen LogP contribution is -2.31. The second kappa shape index (κ2) is 39.1. The van der Waals surface area contributed by atoms with Gasteiger partial charge in [0.05, 0.1) is 55.8 Å².